The van der Waals surface area contributed by atoms with Crippen LogP contribution in [0.4, 0.5) is 0 Å². The normalized spacial score (nSPS) is 19.4. The number of aromatic nitrogens is 2. The highest BCUT2D eigenvalue weighted by molar-refractivity contribution is 5.85. The van der Waals surface area contributed by atoms with Crippen molar-refractivity contribution < 1.29 is 4.79 Å². The van der Waals surface area contributed by atoms with Crippen LogP contribution in [0.15, 0.2) is 6.07 Å². The lowest BCUT2D eigenvalue weighted by molar-refractivity contribution is -0.134. The monoisotopic (exact) mass is 336 g/mol. The van der Waals surface area contributed by atoms with E-state index >= 15 is 0 Å². The van der Waals surface area contributed by atoms with Gasteiger partial charge in [0.25, 0.3) is 0 Å². The van der Waals surface area contributed by atoms with Crippen molar-refractivity contribution >= 4 is 30.7 Å². The molecule has 5 nitrogen and oxygen atoms in total. The molecular weight excluding hydrogens is 311 g/mol. The first-order valence-corrected chi connectivity index (χ1v) is 7.02. The summed E-state index contributed by atoms with van der Waals surface area (Å²) in [5.74, 6) is 0.231. The first kappa shape index (κ1) is 20.2. The maximum Gasteiger partial charge on any atom is 0.225 e. The van der Waals surface area contributed by atoms with E-state index in [1.807, 2.05) is 23.4 Å². The van der Waals surface area contributed by atoms with Crippen molar-refractivity contribution in [1.82, 2.24) is 20.0 Å². The summed E-state index contributed by atoms with van der Waals surface area (Å²) in [6, 6.07) is 2.45. The van der Waals surface area contributed by atoms with Gasteiger partial charge in [-0.1, -0.05) is 0 Å². The van der Waals surface area contributed by atoms with E-state index < -0.39 is 0 Å². The molecule has 1 aliphatic rings. The summed E-state index contributed by atoms with van der Waals surface area (Å²) in [5.41, 5.74) is 2.12. The number of hydrogen-bond donors (Lipinski definition) is 1. The zero-order valence-corrected chi connectivity index (χ0v) is 14.8. The van der Waals surface area contributed by atoms with Gasteiger partial charge in [0.05, 0.1) is 11.7 Å². The van der Waals surface area contributed by atoms with Gasteiger partial charge in [0, 0.05) is 37.8 Å². The van der Waals surface area contributed by atoms with E-state index in [0.717, 1.165) is 31.0 Å². The maximum atomic E-state index is 12.4. The Hall–Kier alpha value is -0.780. The van der Waals surface area contributed by atoms with Crippen molar-refractivity contribution in [2.75, 3.05) is 19.6 Å². The van der Waals surface area contributed by atoms with Crippen molar-refractivity contribution in [3.05, 3.63) is 17.5 Å². The number of hydrogen-bond acceptors (Lipinski definition) is 3. The lowest BCUT2D eigenvalue weighted by Gasteiger charge is -2.34. The van der Waals surface area contributed by atoms with E-state index in [1.165, 1.54) is 0 Å². The molecule has 2 atom stereocenters. The summed E-state index contributed by atoms with van der Waals surface area (Å²) in [5, 5.41) is 7.77. The van der Waals surface area contributed by atoms with Crippen LogP contribution in [0.3, 0.4) is 0 Å². The van der Waals surface area contributed by atoms with Crippen LogP contribution in [0, 0.1) is 13.8 Å². The fourth-order valence-corrected chi connectivity index (χ4v) is 2.76. The van der Waals surface area contributed by atoms with Crippen molar-refractivity contribution in [3.63, 3.8) is 0 Å². The minimum absolute atomic E-state index is 0. The fraction of sp³-hybridized carbons (Fsp3) is 0.714. The van der Waals surface area contributed by atoms with Crippen molar-refractivity contribution in [3.8, 4) is 0 Å². The van der Waals surface area contributed by atoms with Crippen molar-refractivity contribution in [2.24, 2.45) is 0 Å². The lowest BCUT2D eigenvalue weighted by Crippen LogP contribution is -2.52. The van der Waals surface area contributed by atoms with Crippen molar-refractivity contribution in [2.45, 2.75) is 46.2 Å². The summed E-state index contributed by atoms with van der Waals surface area (Å²) >= 11 is 0. The Morgan fingerprint density at radius 3 is 2.67 bits per heavy atom. The van der Waals surface area contributed by atoms with E-state index in [2.05, 4.69) is 30.3 Å². The molecule has 1 aliphatic heterocycles. The Morgan fingerprint density at radius 2 is 2.14 bits per heavy atom. The van der Waals surface area contributed by atoms with Crippen LogP contribution in [0.5, 0.6) is 0 Å². The Labute approximate surface area is 139 Å². The molecule has 2 rings (SSSR count). The van der Waals surface area contributed by atoms with Gasteiger partial charge in [0.1, 0.15) is 0 Å². The first-order chi connectivity index (χ1) is 8.99. The second kappa shape index (κ2) is 8.61. The molecule has 1 N–H and O–H groups in total. The van der Waals surface area contributed by atoms with Crippen LogP contribution in [0.1, 0.15) is 37.7 Å². The zero-order chi connectivity index (χ0) is 14.0. The molecule has 1 aromatic heterocycles. The van der Waals surface area contributed by atoms with Gasteiger partial charge in [0.2, 0.25) is 5.91 Å². The van der Waals surface area contributed by atoms with Crippen LogP contribution in [0.2, 0.25) is 0 Å². The van der Waals surface area contributed by atoms with Crippen LogP contribution < -0.4 is 5.32 Å². The number of rotatable bonds is 3. The number of piperazine rings is 1. The molecule has 1 saturated heterocycles. The highest BCUT2D eigenvalue weighted by atomic mass is 35.5. The first-order valence-electron chi connectivity index (χ1n) is 7.02. The van der Waals surface area contributed by atoms with Gasteiger partial charge < -0.3 is 10.2 Å². The number of carbonyl (C=O) groups is 1. The molecule has 0 spiro atoms. The second-order valence-corrected chi connectivity index (χ2v) is 5.57. The largest absolute Gasteiger partial charge is 0.337 e. The summed E-state index contributed by atoms with van der Waals surface area (Å²) in [6.45, 7) is 10.8. The fourth-order valence-electron chi connectivity index (χ4n) is 2.76. The summed E-state index contributed by atoms with van der Waals surface area (Å²) < 4.78 is 1.96. The van der Waals surface area contributed by atoms with Crippen LogP contribution in [-0.4, -0.2) is 46.3 Å². The van der Waals surface area contributed by atoms with Crippen LogP contribution in [-0.2, 0) is 4.79 Å². The Bertz CT molecular complexity index is 464. The zero-order valence-electron chi connectivity index (χ0n) is 13.1. The number of halogens is 2. The summed E-state index contributed by atoms with van der Waals surface area (Å²) in [6.07, 6.45) is 0.520. The van der Waals surface area contributed by atoms with Gasteiger partial charge >= 0.3 is 0 Å². The SMILES string of the molecule is Cc1cc(C)n(C(C)CC(=O)N2CCNC[C@@H]2C)n1.Cl.Cl. The molecule has 1 amide bonds. The van der Waals surface area contributed by atoms with E-state index in [4.69, 9.17) is 0 Å². The summed E-state index contributed by atoms with van der Waals surface area (Å²) in [7, 11) is 0. The number of nitrogens with one attached hydrogen (secondary N) is 1. The Balaban J connectivity index is 0.00000200. The number of nitrogens with zero attached hydrogens (tertiary/aromatic N) is 3. The molecule has 0 radical (unpaired) electrons. The second-order valence-electron chi connectivity index (χ2n) is 5.57. The molecule has 21 heavy (non-hydrogen) atoms. The number of amides is 1. The summed E-state index contributed by atoms with van der Waals surface area (Å²) in [4.78, 5) is 14.4. The number of carbonyl (C=O) groups excluding carboxylic acids is 1. The average Bonchev–Trinajstić information content (AvgIpc) is 2.69. The average molecular weight is 337 g/mol. The Morgan fingerprint density at radius 1 is 1.48 bits per heavy atom. The highest BCUT2D eigenvalue weighted by Gasteiger charge is 2.25. The highest BCUT2D eigenvalue weighted by Crippen LogP contribution is 2.17. The molecule has 1 fully saturated rings. The van der Waals surface area contributed by atoms with Gasteiger partial charge in [-0.25, -0.2) is 0 Å². The smallest absolute Gasteiger partial charge is 0.225 e. The molecule has 0 aromatic carbocycles. The lowest BCUT2D eigenvalue weighted by atomic mass is 10.1. The van der Waals surface area contributed by atoms with Crippen LogP contribution >= 0.6 is 24.8 Å². The minimum atomic E-state index is 0. The van der Waals surface area contributed by atoms with Gasteiger partial charge in [-0.3, -0.25) is 9.48 Å². The molecule has 122 valence electrons. The predicted molar refractivity (Wildman–Crippen MR) is 89.6 cm³/mol. The Kier molecular flexibility index (Phi) is 8.29. The third-order valence-corrected chi connectivity index (χ3v) is 3.75. The molecular formula is C14H26Cl2N4O. The van der Waals surface area contributed by atoms with Gasteiger partial charge in [-0.2, -0.15) is 5.10 Å². The predicted octanol–water partition coefficient (Wildman–Crippen LogP) is 2.11. The molecule has 0 bridgehead atoms. The third kappa shape index (κ3) is 4.87. The molecule has 0 aliphatic carbocycles. The van der Waals surface area contributed by atoms with E-state index in [1.54, 1.807) is 0 Å². The van der Waals surface area contributed by atoms with E-state index in [-0.39, 0.29) is 42.8 Å². The standard InChI is InChI=1S/C14H24N4O.2ClH/c1-10-7-11(2)18(16-10)12(3)8-14(19)17-6-5-15-9-13(17)4;;/h7,12-13,15H,5-6,8-9H2,1-4H3;2*1H/t12?,13-;;/m0../s1. The maximum absolute atomic E-state index is 12.4. The van der Waals surface area contributed by atoms with E-state index in [0.29, 0.717) is 6.42 Å². The topological polar surface area (TPSA) is 50.2 Å². The molecule has 1 aromatic rings. The molecule has 1 unspecified atom stereocenters. The van der Waals surface area contributed by atoms with Crippen LogP contribution in [0.25, 0.3) is 0 Å². The number of aryl methyl sites for hydroxylation is 2. The third-order valence-electron chi connectivity index (χ3n) is 3.75. The molecule has 7 heteroatoms. The minimum Gasteiger partial charge on any atom is -0.337 e. The van der Waals surface area contributed by atoms with Gasteiger partial charge in [0.15, 0.2) is 0 Å². The van der Waals surface area contributed by atoms with Gasteiger partial charge in [-0.05, 0) is 33.8 Å². The molecule has 2 heterocycles. The van der Waals surface area contributed by atoms with Crippen molar-refractivity contribution in [1.29, 1.82) is 0 Å². The molecule has 0 saturated carbocycles. The van der Waals surface area contributed by atoms with E-state index in [9.17, 15) is 4.79 Å². The van der Waals surface area contributed by atoms with Gasteiger partial charge in [-0.15, -0.1) is 24.8 Å². The quantitative estimate of drug-likeness (QED) is 0.919.